The van der Waals surface area contributed by atoms with E-state index in [1.54, 1.807) is 0 Å². The van der Waals surface area contributed by atoms with Crippen molar-refractivity contribution >= 4 is 11.9 Å². The number of hydrogen-bond acceptors (Lipinski definition) is 3. The Bertz CT molecular complexity index is 561. The Morgan fingerprint density at radius 2 is 0.714 bits per heavy atom. The van der Waals surface area contributed by atoms with E-state index in [0.717, 1.165) is 44.9 Å². The van der Waals surface area contributed by atoms with Crippen LogP contribution in [-0.4, -0.2) is 23.1 Å². The van der Waals surface area contributed by atoms with E-state index < -0.39 is 5.97 Å². The summed E-state index contributed by atoms with van der Waals surface area (Å²) in [5.41, 5.74) is 0. The molecule has 250 valence electrons. The van der Waals surface area contributed by atoms with Crippen LogP contribution in [-0.2, 0) is 14.3 Å². The number of esters is 1. The second kappa shape index (κ2) is 34.4. The van der Waals surface area contributed by atoms with Crippen molar-refractivity contribution in [1.29, 1.82) is 0 Å². The van der Waals surface area contributed by atoms with Gasteiger partial charge in [-0.1, -0.05) is 174 Å². The minimum Gasteiger partial charge on any atom is -0.481 e. The molecule has 0 aromatic heterocycles. The van der Waals surface area contributed by atoms with E-state index in [0.29, 0.717) is 12.8 Å². The van der Waals surface area contributed by atoms with E-state index >= 15 is 0 Å². The maximum absolute atomic E-state index is 12.4. The van der Waals surface area contributed by atoms with Crippen LogP contribution >= 0.6 is 0 Å². The Balaban J connectivity index is 3.47. The highest BCUT2D eigenvalue weighted by molar-refractivity contribution is 5.69. The molecular formula is C38H74O4. The summed E-state index contributed by atoms with van der Waals surface area (Å²) < 4.78 is 5.82. The van der Waals surface area contributed by atoms with Gasteiger partial charge in [-0.3, -0.25) is 9.59 Å². The van der Waals surface area contributed by atoms with Crippen LogP contribution in [0.1, 0.15) is 226 Å². The first-order valence-corrected chi connectivity index (χ1v) is 19.0. The van der Waals surface area contributed by atoms with Crippen molar-refractivity contribution in [1.82, 2.24) is 0 Å². The molecule has 0 spiro atoms. The van der Waals surface area contributed by atoms with Crippen molar-refractivity contribution in [2.45, 2.75) is 232 Å². The normalized spacial score (nSPS) is 12.0. The molecule has 1 atom stereocenters. The quantitative estimate of drug-likeness (QED) is 0.0585. The molecule has 0 aromatic carbocycles. The van der Waals surface area contributed by atoms with Crippen molar-refractivity contribution in [2.75, 3.05) is 0 Å². The highest BCUT2D eigenvalue weighted by Gasteiger charge is 2.14. The molecule has 0 bridgehead atoms. The highest BCUT2D eigenvalue weighted by Crippen LogP contribution is 2.18. The number of aliphatic carboxylic acids is 1. The number of hydrogen-bond donors (Lipinski definition) is 1. The van der Waals surface area contributed by atoms with Crippen molar-refractivity contribution < 1.29 is 19.4 Å². The minimum absolute atomic E-state index is 0.0124. The fraction of sp³-hybridized carbons (Fsp3) is 0.947. The lowest BCUT2D eigenvalue weighted by atomic mass is 10.0. The molecule has 42 heavy (non-hydrogen) atoms. The van der Waals surface area contributed by atoms with Crippen LogP contribution in [0, 0.1) is 0 Å². The second-order valence-corrected chi connectivity index (χ2v) is 13.1. The lowest BCUT2D eigenvalue weighted by Crippen LogP contribution is -2.18. The zero-order valence-corrected chi connectivity index (χ0v) is 28.6. The summed E-state index contributed by atoms with van der Waals surface area (Å²) in [6.45, 7) is 4.48. The third-order valence-electron chi connectivity index (χ3n) is 8.83. The molecule has 0 aliphatic heterocycles. The molecule has 1 N–H and O–H groups in total. The first kappa shape index (κ1) is 40.9. The van der Waals surface area contributed by atoms with Crippen molar-refractivity contribution in [2.24, 2.45) is 0 Å². The van der Waals surface area contributed by atoms with Crippen LogP contribution in [0.3, 0.4) is 0 Å². The molecule has 0 radical (unpaired) electrons. The van der Waals surface area contributed by atoms with Crippen LogP contribution in [0.15, 0.2) is 0 Å². The van der Waals surface area contributed by atoms with Gasteiger partial charge < -0.3 is 9.84 Å². The smallest absolute Gasteiger partial charge is 0.306 e. The standard InChI is InChI=1S/C38H74O4/c1-3-5-7-8-9-10-11-12-13-14-15-16-17-18-19-20-21-22-23-24-25-26-31-35-38(41)42-36(32-28-6-4-2)33-29-27-30-34-37(39)40/h36H,3-35H2,1-2H3,(H,39,40). The number of rotatable bonds is 35. The summed E-state index contributed by atoms with van der Waals surface area (Å²) in [4.78, 5) is 23.1. The predicted molar refractivity (Wildman–Crippen MR) is 181 cm³/mol. The Hall–Kier alpha value is -1.06. The van der Waals surface area contributed by atoms with Crippen LogP contribution in [0.25, 0.3) is 0 Å². The molecule has 0 saturated carbocycles. The molecule has 0 amide bonds. The van der Waals surface area contributed by atoms with Gasteiger partial charge in [-0.05, 0) is 38.5 Å². The van der Waals surface area contributed by atoms with Crippen molar-refractivity contribution in [3.8, 4) is 0 Å². The van der Waals surface area contributed by atoms with Crippen molar-refractivity contribution in [3.05, 3.63) is 0 Å². The third kappa shape index (κ3) is 33.4. The van der Waals surface area contributed by atoms with Crippen LogP contribution < -0.4 is 0 Å². The largest absolute Gasteiger partial charge is 0.481 e. The van der Waals surface area contributed by atoms with Gasteiger partial charge in [-0.2, -0.15) is 0 Å². The summed E-state index contributed by atoms with van der Waals surface area (Å²) in [7, 11) is 0. The van der Waals surface area contributed by atoms with E-state index in [4.69, 9.17) is 9.84 Å². The first-order valence-electron chi connectivity index (χ1n) is 19.0. The summed E-state index contributed by atoms with van der Waals surface area (Å²) in [5.74, 6) is -0.762. The number of carbonyl (C=O) groups excluding carboxylic acids is 1. The molecule has 1 unspecified atom stereocenters. The van der Waals surface area contributed by atoms with E-state index in [-0.39, 0.29) is 18.5 Å². The van der Waals surface area contributed by atoms with Crippen LogP contribution in [0.4, 0.5) is 0 Å². The predicted octanol–water partition coefficient (Wildman–Crippen LogP) is 12.9. The average molecular weight is 595 g/mol. The van der Waals surface area contributed by atoms with E-state index in [9.17, 15) is 9.59 Å². The molecular weight excluding hydrogens is 520 g/mol. The minimum atomic E-state index is -0.726. The van der Waals surface area contributed by atoms with Gasteiger partial charge in [0.25, 0.3) is 0 Å². The number of carboxylic acid groups (broad SMARTS) is 1. The first-order chi connectivity index (χ1) is 20.6. The maximum atomic E-state index is 12.4. The molecule has 0 aliphatic rings. The Kier molecular flexibility index (Phi) is 33.6. The Labute approximate surface area is 262 Å². The van der Waals surface area contributed by atoms with Gasteiger partial charge in [0.1, 0.15) is 6.10 Å². The van der Waals surface area contributed by atoms with E-state index in [2.05, 4.69) is 13.8 Å². The molecule has 0 aromatic rings. The Morgan fingerprint density at radius 3 is 1.10 bits per heavy atom. The van der Waals surface area contributed by atoms with Gasteiger partial charge >= 0.3 is 11.9 Å². The van der Waals surface area contributed by atoms with Gasteiger partial charge in [0.05, 0.1) is 0 Å². The van der Waals surface area contributed by atoms with Crippen LogP contribution in [0.5, 0.6) is 0 Å². The fourth-order valence-corrected chi connectivity index (χ4v) is 6.01. The molecule has 4 nitrogen and oxygen atoms in total. The van der Waals surface area contributed by atoms with Gasteiger partial charge in [0.2, 0.25) is 0 Å². The average Bonchev–Trinajstić information content (AvgIpc) is 2.97. The molecule has 0 rings (SSSR count). The summed E-state index contributed by atoms with van der Waals surface area (Å²) in [5, 5.41) is 8.78. The zero-order chi connectivity index (χ0) is 30.8. The fourth-order valence-electron chi connectivity index (χ4n) is 6.01. The summed E-state index contributed by atoms with van der Waals surface area (Å²) in [6, 6.07) is 0. The lowest BCUT2D eigenvalue weighted by molar-refractivity contribution is -0.150. The van der Waals surface area contributed by atoms with Gasteiger partial charge in [0, 0.05) is 12.8 Å². The molecule has 0 saturated heterocycles. The lowest BCUT2D eigenvalue weighted by Gasteiger charge is -2.18. The van der Waals surface area contributed by atoms with E-state index in [1.165, 1.54) is 148 Å². The van der Waals surface area contributed by atoms with Gasteiger partial charge in [0.15, 0.2) is 0 Å². The zero-order valence-electron chi connectivity index (χ0n) is 28.6. The van der Waals surface area contributed by atoms with Crippen molar-refractivity contribution in [3.63, 3.8) is 0 Å². The number of carboxylic acids is 1. The number of ether oxygens (including phenoxy) is 1. The summed E-state index contributed by atoms with van der Waals surface area (Å²) >= 11 is 0. The topological polar surface area (TPSA) is 63.6 Å². The van der Waals surface area contributed by atoms with Gasteiger partial charge in [-0.25, -0.2) is 0 Å². The maximum Gasteiger partial charge on any atom is 0.306 e. The molecule has 0 heterocycles. The monoisotopic (exact) mass is 595 g/mol. The highest BCUT2D eigenvalue weighted by atomic mass is 16.5. The third-order valence-corrected chi connectivity index (χ3v) is 8.83. The molecule has 0 aliphatic carbocycles. The van der Waals surface area contributed by atoms with Gasteiger partial charge in [-0.15, -0.1) is 0 Å². The Morgan fingerprint density at radius 1 is 0.429 bits per heavy atom. The number of unbranched alkanes of at least 4 members (excludes halogenated alkanes) is 26. The second-order valence-electron chi connectivity index (χ2n) is 13.1. The van der Waals surface area contributed by atoms with E-state index in [1.807, 2.05) is 0 Å². The molecule has 4 heteroatoms. The van der Waals surface area contributed by atoms with Crippen LogP contribution in [0.2, 0.25) is 0 Å². The summed E-state index contributed by atoms with van der Waals surface area (Å²) in [6.07, 6.45) is 40.3. The SMILES string of the molecule is CCCCCCCCCCCCCCCCCCCCCCCCCC(=O)OC(CCCCC)CCCCCC(=O)O. The number of carbonyl (C=O) groups is 2. The molecule has 0 fully saturated rings.